The van der Waals surface area contributed by atoms with Crippen LogP contribution in [0.3, 0.4) is 0 Å². The summed E-state index contributed by atoms with van der Waals surface area (Å²) < 4.78 is 0. The molecule has 0 aromatic carbocycles. The zero-order valence-corrected chi connectivity index (χ0v) is 11.5. The predicted octanol–water partition coefficient (Wildman–Crippen LogP) is 0.405. The number of nitrogens with two attached hydrogens (primary N) is 1. The van der Waals surface area contributed by atoms with E-state index in [0.717, 1.165) is 11.8 Å². The van der Waals surface area contributed by atoms with E-state index in [-0.39, 0.29) is 17.9 Å². The highest BCUT2D eigenvalue weighted by molar-refractivity contribution is 8.03. The minimum atomic E-state index is -0.537. The lowest BCUT2D eigenvalue weighted by molar-refractivity contribution is -0.115. The maximum atomic E-state index is 10.8. The Labute approximate surface area is 116 Å². The molecule has 0 spiro atoms. The number of aliphatic hydroxyl groups is 1. The highest BCUT2D eigenvalue weighted by Crippen LogP contribution is 2.24. The Kier molecular flexibility index (Phi) is 9.22. The molecule has 4 N–H and O–H groups in total. The highest BCUT2D eigenvalue weighted by atomic mass is 32.2. The number of allylic oxidation sites excluding steroid dienone is 3. The quantitative estimate of drug-likeness (QED) is 0.322. The van der Waals surface area contributed by atoms with Crippen LogP contribution < -0.4 is 11.1 Å². The SMILES string of the molecule is C/C=C(CCCO)\C(C#N)=C(/NC=O)SCC(N)=O. The number of thioether (sulfide) groups is 1. The molecule has 0 rings (SSSR count). The molecule has 0 aliphatic heterocycles. The molecule has 0 heterocycles. The van der Waals surface area contributed by atoms with Gasteiger partial charge in [0.05, 0.1) is 16.4 Å². The van der Waals surface area contributed by atoms with Crippen molar-refractivity contribution in [3.63, 3.8) is 0 Å². The largest absolute Gasteiger partial charge is 0.396 e. The molecule has 0 aliphatic carbocycles. The van der Waals surface area contributed by atoms with Crippen LogP contribution in [0.1, 0.15) is 19.8 Å². The van der Waals surface area contributed by atoms with Gasteiger partial charge in [-0.05, 0) is 25.3 Å². The van der Waals surface area contributed by atoms with Crippen LogP contribution in [0, 0.1) is 11.3 Å². The van der Waals surface area contributed by atoms with Crippen molar-refractivity contribution in [2.75, 3.05) is 12.4 Å². The van der Waals surface area contributed by atoms with Crippen LogP contribution in [0.15, 0.2) is 22.3 Å². The van der Waals surface area contributed by atoms with Gasteiger partial charge in [0.2, 0.25) is 12.3 Å². The molecule has 0 fully saturated rings. The fourth-order valence-electron chi connectivity index (χ4n) is 1.33. The zero-order chi connectivity index (χ0) is 14.7. The molecule has 0 atom stereocenters. The fourth-order valence-corrected chi connectivity index (χ4v) is 2.07. The maximum Gasteiger partial charge on any atom is 0.227 e. The second-order valence-electron chi connectivity index (χ2n) is 3.47. The molecule has 6 nitrogen and oxygen atoms in total. The Morgan fingerprint density at radius 1 is 1.58 bits per heavy atom. The number of hydrogen-bond acceptors (Lipinski definition) is 5. The average Bonchev–Trinajstić information content (AvgIpc) is 2.39. The maximum absolute atomic E-state index is 10.8. The van der Waals surface area contributed by atoms with Crippen LogP contribution in [0.4, 0.5) is 0 Å². The summed E-state index contributed by atoms with van der Waals surface area (Å²) in [7, 11) is 0. The summed E-state index contributed by atoms with van der Waals surface area (Å²) in [6.45, 7) is 1.78. The predicted molar refractivity (Wildman–Crippen MR) is 73.6 cm³/mol. The normalized spacial score (nSPS) is 12.4. The van der Waals surface area contributed by atoms with Gasteiger partial charge >= 0.3 is 0 Å². The average molecular weight is 283 g/mol. The van der Waals surface area contributed by atoms with Crippen LogP contribution in [0.5, 0.6) is 0 Å². The summed E-state index contributed by atoms with van der Waals surface area (Å²) in [6.07, 6.45) is 3.21. The van der Waals surface area contributed by atoms with Gasteiger partial charge in [-0.15, -0.1) is 0 Å². The van der Waals surface area contributed by atoms with Gasteiger partial charge in [0.25, 0.3) is 0 Å². The van der Waals surface area contributed by atoms with Gasteiger partial charge in [-0.2, -0.15) is 5.26 Å². The van der Waals surface area contributed by atoms with E-state index in [1.165, 1.54) is 0 Å². The first-order valence-electron chi connectivity index (χ1n) is 5.62. The molecule has 7 heteroatoms. The summed E-state index contributed by atoms with van der Waals surface area (Å²) >= 11 is 1.00. The number of hydrogen-bond donors (Lipinski definition) is 3. The van der Waals surface area contributed by atoms with Gasteiger partial charge in [-0.25, -0.2) is 0 Å². The van der Waals surface area contributed by atoms with Crippen LogP contribution in [-0.4, -0.2) is 29.8 Å². The van der Waals surface area contributed by atoms with Crippen molar-refractivity contribution in [3.05, 3.63) is 22.3 Å². The summed E-state index contributed by atoms with van der Waals surface area (Å²) in [5, 5.41) is 20.7. The second kappa shape index (κ2) is 10.2. The number of carbonyl (C=O) groups is 2. The van der Waals surface area contributed by atoms with E-state index in [9.17, 15) is 14.9 Å². The number of nitrogens with zero attached hydrogens (tertiary/aromatic N) is 1. The molecule has 0 radical (unpaired) electrons. The van der Waals surface area contributed by atoms with Crippen molar-refractivity contribution >= 4 is 24.1 Å². The van der Waals surface area contributed by atoms with E-state index < -0.39 is 5.91 Å². The molecule has 0 aromatic heterocycles. The molecule has 0 saturated carbocycles. The lowest BCUT2D eigenvalue weighted by atomic mass is 10.0. The Morgan fingerprint density at radius 2 is 2.26 bits per heavy atom. The first-order valence-corrected chi connectivity index (χ1v) is 6.61. The Bertz CT molecular complexity index is 424. The van der Waals surface area contributed by atoms with Gasteiger partial charge < -0.3 is 16.2 Å². The van der Waals surface area contributed by atoms with E-state index in [1.807, 2.05) is 6.07 Å². The molecular weight excluding hydrogens is 266 g/mol. The highest BCUT2D eigenvalue weighted by Gasteiger charge is 2.12. The number of nitriles is 1. The second-order valence-corrected chi connectivity index (χ2v) is 4.46. The fraction of sp³-hybridized carbons (Fsp3) is 0.417. The lowest BCUT2D eigenvalue weighted by Gasteiger charge is -2.11. The zero-order valence-electron chi connectivity index (χ0n) is 10.7. The van der Waals surface area contributed by atoms with E-state index in [2.05, 4.69) is 5.32 Å². The van der Waals surface area contributed by atoms with Crippen LogP contribution >= 0.6 is 11.8 Å². The van der Waals surface area contributed by atoms with Gasteiger partial charge in [0.1, 0.15) is 6.07 Å². The molecule has 0 aromatic rings. The summed E-state index contributed by atoms with van der Waals surface area (Å²) in [6, 6.07) is 2.01. The minimum Gasteiger partial charge on any atom is -0.396 e. The molecular formula is C12H17N3O3S. The number of rotatable bonds is 9. The first-order chi connectivity index (χ1) is 9.10. The third kappa shape index (κ3) is 6.64. The lowest BCUT2D eigenvalue weighted by Crippen LogP contribution is -2.17. The molecule has 104 valence electrons. The molecule has 0 bridgehead atoms. The monoisotopic (exact) mass is 283 g/mol. The topological polar surface area (TPSA) is 116 Å². The summed E-state index contributed by atoms with van der Waals surface area (Å²) in [4.78, 5) is 21.3. The molecule has 0 unspecified atom stereocenters. The number of amides is 2. The van der Waals surface area contributed by atoms with Crippen molar-refractivity contribution in [1.29, 1.82) is 5.26 Å². The Balaban J connectivity index is 5.23. The van der Waals surface area contributed by atoms with Crippen LogP contribution in [0.25, 0.3) is 0 Å². The van der Waals surface area contributed by atoms with Crippen molar-refractivity contribution in [2.45, 2.75) is 19.8 Å². The number of aliphatic hydroxyl groups excluding tert-OH is 1. The third-order valence-electron chi connectivity index (χ3n) is 2.16. The van der Waals surface area contributed by atoms with Gasteiger partial charge in [-0.1, -0.05) is 17.8 Å². The van der Waals surface area contributed by atoms with Crippen molar-refractivity contribution in [2.24, 2.45) is 5.73 Å². The summed E-state index contributed by atoms with van der Waals surface area (Å²) in [5.41, 5.74) is 6.03. The third-order valence-corrected chi connectivity index (χ3v) is 3.20. The van der Waals surface area contributed by atoms with Crippen LogP contribution in [0.2, 0.25) is 0 Å². The van der Waals surface area contributed by atoms with E-state index >= 15 is 0 Å². The number of nitrogens with one attached hydrogen (secondary N) is 1. The van der Waals surface area contributed by atoms with Gasteiger partial charge in [0, 0.05) is 6.61 Å². The van der Waals surface area contributed by atoms with E-state index in [0.29, 0.717) is 29.9 Å². The Hall–Kier alpha value is -1.78. The molecule has 0 aliphatic rings. The first kappa shape index (κ1) is 17.2. The minimum absolute atomic E-state index is 0.0148. The number of primary amides is 1. The number of carbonyl (C=O) groups excluding carboxylic acids is 2. The smallest absolute Gasteiger partial charge is 0.227 e. The van der Waals surface area contributed by atoms with E-state index in [4.69, 9.17) is 10.8 Å². The van der Waals surface area contributed by atoms with Crippen LogP contribution in [-0.2, 0) is 9.59 Å². The van der Waals surface area contributed by atoms with E-state index in [1.54, 1.807) is 13.0 Å². The van der Waals surface area contributed by atoms with Gasteiger partial charge in [0.15, 0.2) is 0 Å². The van der Waals surface area contributed by atoms with Crippen molar-refractivity contribution in [1.82, 2.24) is 5.32 Å². The summed E-state index contributed by atoms with van der Waals surface area (Å²) in [5.74, 6) is -0.567. The van der Waals surface area contributed by atoms with Crippen molar-refractivity contribution < 1.29 is 14.7 Å². The molecule has 19 heavy (non-hydrogen) atoms. The molecule has 2 amide bonds. The van der Waals surface area contributed by atoms with Crippen molar-refractivity contribution in [3.8, 4) is 6.07 Å². The Morgan fingerprint density at radius 3 is 2.68 bits per heavy atom. The molecule has 0 saturated heterocycles. The standard InChI is InChI=1S/C12H17N3O3S/c1-2-9(4-3-5-16)10(6-13)12(15-8-17)19-7-11(14)18/h2,8,16H,3-5,7H2,1H3,(H2,14,18)(H,15,17)/b9-2-,12-10+. The van der Waals surface area contributed by atoms with Gasteiger partial charge in [-0.3, -0.25) is 9.59 Å².